The van der Waals surface area contributed by atoms with Crippen molar-refractivity contribution in [2.45, 2.75) is 12.1 Å². The quantitative estimate of drug-likeness (QED) is 0.678. The Kier molecular flexibility index (Phi) is 5.66. The van der Waals surface area contributed by atoms with Crippen LogP contribution in [0.25, 0.3) is 10.9 Å². The van der Waals surface area contributed by atoms with E-state index in [1.807, 2.05) is 0 Å². The molecule has 1 aromatic heterocycles. The van der Waals surface area contributed by atoms with E-state index in [-0.39, 0.29) is 47.2 Å². The van der Waals surface area contributed by atoms with Crippen LogP contribution in [0.4, 0.5) is 15.0 Å². The van der Waals surface area contributed by atoms with Crippen molar-refractivity contribution in [3.8, 4) is 11.5 Å². The van der Waals surface area contributed by atoms with Crippen molar-refractivity contribution in [3.05, 3.63) is 17.7 Å². The summed E-state index contributed by atoms with van der Waals surface area (Å²) in [6.45, 7) is 0.874. The number of methoxy groups -OCH3 is 3. The van der Waals surface area contributed by atoms with Gasteiger partial charge in [-0.1, -0.05) is 0 Å². The zero-order valence-corrected chi connectivity index (χ0v) is 15.7. The Bertz CT molecular complexity index is 894. The van der Waals surface area contributed by atoms with E-state index >= 15 is 4.39 Å². The number of carbonyl (C=O) groups is 1. The van der Waals surface area contributed by atoms with Crippen LogP contribution < -0.4 is 20.5 Å². The maximum absolute atomic E-state index is 15.0. The van der Waals surface area contributed by atoms with E-state index in [1.54, 1.807) is 0 Å². The van der Waals surface area contributed by atoms with Crippen LogP contribution in [-0.4, -0.2) is 73.1 Å². The number of nitrogens with two attached hydrogens (primary N) is 1. The third-order valence-electron chi connectivity index (χ3n) is 4.66. The largest absolute Gasteiger partial charge is 0.493 e. The van der Waals surface area contributed by atoms with Crippen LogP contribution in [0, 0.1) is 5.82 Å². The Labute approximate surface area is 160 Å². The first kappa shape index (κ1) is 19.8. The van der Waals surface area contributed by atoms with Gasteiger partial charge in [-0.05, 0) is 6.07 Å². The molecule has 0 radical (unpaired) electrons. The fraction of sp³-hybridized carbons (Fsp3) is 0.471. The van der Waals surface area contributed by atoms with Gasteiger partial charge in [0.2, 0.25) is 0 Å². The molecule has 1 fully saturated rings. The second-order valence-electron chi connectivity index (χ2n) is 6.23. The molecule has 1 amide bonds. The van der Waals surface area contributed by atoms with Crippen molar-refractivity contribution in [1.29, 1.82) is 0 Å². The number of piperazine rings is 1. The van der Waals surface area contributed by atoms with Crippen LogP contribution in [0.5, 0.6) is 11.5 Å². The summed E-state index contributed by atoms with van der Waals surface area (Å²) in [7, 11) is 4.19. The van der Waals surface area contributed by atoms with E-state index in [0.717, 1.165) is 0 Å². The van der Waals surface area contributed by atoms with Gasteiger partial charge in [0.15, 0.2) is 23.1 Å². The first-order chi connectivity index (χ1) is 13.4. The van der Waals surface area contributed by atoms with Crippen LogP contribution in [0.1, 0.15) is 11.9 Å². The molecule has 0 bridgehead atoms. The molecule has 4 N–H and O–H groups in total. The molecule has 0 aliphatic carbocycles. The minimum atomic E-state index is -1.14. The zero-order valence-electron chi connectivity index (χ0n) is 15.7. The average molecular weight is 395 g/mol. The lowest BCUT2D eigenvalue weighted by atomic mass is 10.0. The molecule has 1 aliphatic heterocycles. The number of carboxylic acid groups (broad SMARTS) is 1. The number of hydrogen-bond acceptors (Lipinski definition) is 8. The molecule has 3 rings (SSSR count). The number of anilines is 1. The Morgan fingerprint density at radius 1 is 1.39 bits per heavy atom. The summed E-state index contributed by atoms with van der Waals surface area (Å²) >= 11 is 0. The number of fused-ring (bicyclic) bond motifs is 1. The fourth-order valence-electron chi connectivity index (χ4n) is 3.40. The highest BCUT2D eigenvalue weighted by atomic mass is 19.1. The van der Waals surface area contributed by atoms with Crippen molar-refractivity contribution in [3.63, 3.8) is 0 Å². The number of amides is 1. The Morgan fingerprint density at radius 3 is 2.75 bits per heavy atom. The van der Waals surface area contributed by atoms with E-state index in [4.69, 9.17) is 19.9 Å². The number of nitrogens with zero attached hydrogens (tertiary/aromatic N) is 3. The molecule has 10 nitrogen and oxygen atoms in total. The Balaban J connectivity index is 2.20. The standard InChI is InChI=1S/C17H22FN5O5/c1-26-7-9-13(23(17(24)25)5-4-20-9)16-21-12-8(15(19)22-16)6-10(27-2)14(28-3)11(12)18/h6,9,13,20H,4-5,7H2,1-3H3,(H,24,25)(H2,19,21,22). The van der Waals surface area contributed by atoms with Crippen LogP contribution in [0.3, 0.4) is 0 Å². The second kappa shape index (κ2) is 7.98. The average Bonchev–Trinajstić information content (AvgIpc) is 2.68. The molecule has 1 aromatic carbocycles. The van der Waals surface area contributed by atoms with Gasteiger partial charge in [-0.3, -0.25) is 4.90 Å². The molecule has 11 heteroatoms. The smallest absolute Gasteiger partial charge is 0.408 e. The highest BCUT2D eigenvalue weighted by Crippen LogP contribution is 2.38. The molecule has 1 aliphatic rings. The van der Waals surface area contributed by atoms with Gasteiger partial charge < -0.3 is 30.4 Å². The van der Waals surface area contributed by atoms with Crippen molar-refractivity contribution in [2.24, 2.45) is 0 Å². The predicted octanol–water partition coefficient (Wildman–Crippen LogP) is 1.01. The van der Waals surface area contributed by atoms with Crippen LogP contribution in [0.15, 0.2) is 6.07 Å². The van der Waals surface area contributed by atoms with Crippen molar-refractivity contribution >= 4 is 22.8 Å². The van der Waals surface area contributed by atoms with Crippen molar-refractivity contribution in [1.82, 2.24) is 20.2 Å². The van der Waals surface area contributed by atoms with Crippen LogP contribution in [0.2, 0.25) is 0 Å². The molecule has 2 atom stereocenters. The number of benzene rings is 1. The maximum Gasteiger partial charge on any atom is 0.408 e. The summed E-state index contributed by atoms with van der Waals surface area (Å²) in [4.78, 5) is 21.5. The highest BCUT2D eigenvalue weighted by Gasteiger charge is 2.38. The van der Waals surface area contributed by atoms with Gasteiger partial charge in [0, 0.05) is 25.6 Å². The second-order valence-corrected chi connectivity index (χ2v) is 6.23. The van der Waals surface area contributed by atoms with Gasteiger partial charge in [-0.15, -0.1) is 0 Å². The van der Waals surface area contributed by atoms with Gasteiger partial charge in [0.25, 0.3) is 0 Å². The summed E-state index contributed by atoms with van der Waals surface area (Å²) in [5.74, 6) is -0.649. The van der Waals surface area contributed by atoms with Gasteiger partial charge in [0.05, 0.1) is 26.9 Å². The third-order valence-corrected chi connectivity index (χ3v) is 4.66. The van der Waals surface area contributed by atoms with Gasteiger partial charge >= 0.3 is 6.09 Å². The molecular formula is C17H22FN5O5. The van der Waals surface area contributed by atoms with Crippen molar-refractivity contribution in [2.75, 3.05) is 46.8 Å². The molecule has 1 saturated heterocycles. The van der Waals surface area contributed by atoms with Crippen LogP contribution in [-0.2, 0) is 4.74 Å². The number of halogens is 1. The van der Waals surface area contributed by atoms with E-state index in [0.29, 0.717) is 6.54 Å². The van der Waals surface area contributed by atoms with E-state index in [1.165, 1.54) is 32.3 Å². The lowest BCUT2D eigenvalue weighted by molar-refractivity contribution is 0.0588. The first-order valence-corrected chi connectivity index (χ1v) is 8.52. The predicted molar refractivity (Wildman–Crippen MR) is 98.2 cm³/mol. The number of ether oxygens (including phenoxy) is 3. The number of hydrogen-bond donors (Lipinski definition) is 3. The fourth-order valence-corrected chi connectivity index (χ4v) is 3.40. The lowest BCUT2D eigenvalue weighted by Crippen LogP contribution is -2.56. The molecule has 28 heavy (non-hydrogen) atoms. The van der Waals surface area contributed by atoms with Gasteiger partial charge in [-0.25, -0.2) is 19.2 Å². The summed E-state index contributed by atoms with van der Waals surface area (Å²) in [6.07, 6.45) is -1.14. The Hall–Kier alpha value is -2.92. The first-order valence-electron chi connectivity index (χ1n) is 8.52. The molecule has 2 heterocycles. The molecule has 152 valence electrons. The Morgan fingerprint density at radius 2 is 2.14 bits per heavy atom. The van der Waals surface area contributed by atoms with E-state index in [2.05, 4.69) is 15.3 Å². The number of aromatic nitrogens is 2. The number of nitrogen functional groups attached to an aromatic ring is 1. The molecular weight excluding hydrogens is 373 g/mol. The lowest BCUT2D eigenvalue weighted by Gasteiger charge is -2.39. The number of nitrogens with one attached hydrogen (secondary N) is 1. The third kappa shape index (κ3) is 3.34. The molecule has 2 aromatic rings. The van der Waals surface area contributed by atoms with Gasteiger partial charge in [0.1, 0.15) is 17.4 Å². The summed E-state index contributed by atoms with van der Waals surface area (Å²) in [5.41, 5.74) is 5.98. The molecule has 0 saturated carbocycles. The number of rotatable bonds is 5. The summed E-state index contributed by atoms with van der Waals surface area (Å²) in [5, 5.41) is 13.0. The molecule has 0 spiro atoms. The minimum Gasteiger partial charge on any atom is -0.493 e. The SMILES string of the molecule is COCC1NCCN(C(=O)O)C1c1nc(N)c2cc(OC)c(OC)c(F)c2n1. The van der Waals surface area contributed by atoms with Crippen LogP contribution >= 0.6 is 0 Å². The van der Waals surface area contributed by atoms with Crippen molar-refractivity contribution < 1.29 is 28.5 Å². The topological polar surface area (TPSA) is 132 Å². The van der Waals surface area contributed by atoms with E-state index in [9.17, 15) is 9.90 Å². The maximum atomic E-state index is 15.0. The molecule has 2 unspecified atom stereocenters. The van der Waals surface area contributed by atoms with E-state index < -0.39 is 24.0 Å². The summed E-state index contributed by atoms with van der Waals surface area (Å²) < 4.78 is 30.4. The normalized spacial score (nSPS) is 19.6. The van der Waals surface area contributed by atoms with Gasteiger partial charge in [-0.2, -0.15) is 0 Å². The minimum absolute atomic E-state index is 0.00642. The monoisotopic (exact) mass is 395 g/mol. The summed E-state index contributed by atoms with van der Waals surface area (Å²) in [6, 6.07) is 0.261. The zero-order chi connectivity index (χ0) is 20.4. The highest BCUT2D eigenvalue weighted by molar-refractivity contribution is 5.91.